The van der Waals surface area contributed by atoms with Gasteiger partial charge in [-0.1, -0.05) is 50.2 Å². The Kier molecular flexibility index (Phi) is 11.1. The van der Waals surface area contributed by atoms with Gasteiger partial charge in [0.25, 0.3) is 0 Å². The van der Waals surface area contributed by atoms with Crippen molar-refractivity contribution in [3.05, 3.63) is 72.1 Å². The number of rotatable bonds is 4. The Morgan fingerprint density at radius 3 is 1.37 bits per heavy atom. The number of benzene rings is 2. The monoisotopic (exact) mass is 706 g/mol. The van der Waals surface area contributed by atoms with E-state index in [0.717, 1.165) is 21.5 Å². The molecule has 12 nitrogen and oxygen atoms in total. The average molecular weight is 707 g/mol. The zero-order chi connectivity index (χ0) is 37.8. The van der Waals surface area contributed by atoms with E-state index in [1.54, 1.807) is 21.9 Å². The standard InChI is InChI=1S/2C20H23N3O3/c2*1-13-11-23(19(24)26-20(2,3)4)12-17(13)25-18-16-8-6-5-7-14(16)9-15(10-21)22-18/h2*5-9,13,17H,11-12H2,1-4H3/t2*13-,17-/m10/s1. The number of ether oxygens (including phenoxy) is 4. The van der Waals surface area contributed by atoms with Crippen LogP contribution in [0.4, 0.5) is 9.59 Å². The quantitative estimate of drug-likeness (QED) is 0.209. The van der Waals surface area contributed by atoms with E-state index in [1.165, 1.54) is 0 Å². The molecule has 2 fully saturated rings. The molecule has 0 N–H and O–H groups in total. The Labute approximate surface area is 304 Å². The van der Waals surface area contributed by atoms with Gasteiger partial charge in [0.15, 0.2) is 0 Å². The van der Waals surface area contributed by atoms with E-state index in [1.807, 2.05) is 104 Å². The molecule has 6 rings (SSSR count). The van der Waals surface area contributed by atoms with Crippen LogP contribution in [0.25, 0.3) is 21.5 Å². The van der Waals surface area contributed by atoms with Crippen LogP contribution in [0, 0.1) is 34.5 Å². The molecule has 2 amide bonds. The molecule has 2 aliphatic rings. The first-order valence-electron chi connectivity index (χ1n) is 17.4. The van der Waals surface area contributed by atoms with Crippen molar-refractivity contribution in [1.29, 1.82) is 10.5 Å². The molecular weight excluding hydrogens is 660 g/mol. The highest BCUT2D eigenvalue weighted by Gasteiger charge is 2.38. The molecule has 4 atom stereocenters. The summed E-state index contributed by atoms with van der Waals surface area (Å²) in [4.78, 5) is 36.6. The fourth-order valence-electron chi connectivity index (χ4n) is 6.05. The Balaban J connectivity index is 0.000000201. The number of aromatic nitrogens is 2. The van der Waals surface area contributed by atoms with Crippen molar-refractivity contribution in [2.24, 2.45) is 11.8 Å². The Hall–Kier alpha value is -5.62. The van der Waals surface area contributed by atoms with Gasteiger partial charge in [0.1, 0.15) is 46.9 Å². The van der Waals surface area contributed by atoms with Crippen LogP contribution < -0.4 is 9.47 Å². The highest BCUT2D eigenvalue weighted by atomic mass is 16.6. The van der Waals surface area contributed by atoms with Crippen LogP contribution in [-0.4, -0.2) is 81.5 Å². The maximum atomic E-state index is 12.3. The van der Waals surface area contributed by atoms with Gasteiger partial charge in [-0.3, -0.25) is 0 Å². The predicted molar refractivity (Wildman–Crippen MR) is 196 cm³/mol. The van der Waals surface area contributed by atoms with E-state index in [-0.39, 0.29) is 36.2 Å². The molecular formula is C40H46N6O6. The van der Waals surface area contributed by atoms with Crippen LogP contribution in [0.1, 0.15) is 66.8 Å². The summed E-state index contributed by atoms with van der Waals surface area (Å²) >= 11 is 0. The fourth-order valence-corrected chi connectivity index (χ4v) is 6.05. The summed E-state index contributed by atoms with van der Waals surface area (Å²) in [5, 5.41) is 22.0. The Morgan fingerprint density at radius 1 is 0.654 bits per heavy atom. The number of nitriles is 2. The maximum Gasteiger partial charge on any atom is 0.410 e. The molecule has 0 radical (unpaired) electrons. The number of carbonyl (C=O) groups excluding carboxylic acids is 2. The molecule has 12 heteroatoms. The van der Waals surface area contributed by atoms with E-state index in [4.69, 9.17) is 18.9 Å². The first-order chi connectivity index (χ1) is 24.5. The molecule has 2 aromatic carbocycles. The first-order valence-corrected chi connectivity index (χ1v) is 17.4. The second-order valence-electron chi connectivity index (χ2n) is 15.3. The fraction of sp³-hybridized carbons (Fsp3) is 0.450. The number of hydrogen-bond acceptors (Lipinski definition) is 10. The zero-order valence-electron chi connectivity index (χ0n) is 31.0. The zero-order valence-corrected chi connectivity index (χ0v) is 31.0. The summed E-state index contributed by atoms with van der Waals surface area (Å²) in [6.45, 7) is 17.2. The molecule has 272 valence electrons. The van der Waals surface area contributed by atoms with Crippen LogP contribution in [0.3, 0.4) is 0 Å². The van der Waals surface area contributed by atoms with Crippen molar-refractivity contribution in [3.8, 4) is 23.9 Å². The highest BCUT2D eigenvalue weighted by molar-refractivity contribution is 5.88. The minimum Gasteiger partial charge on any atom is -0.472 e. The van der Waals surface area contributed by atoms with Crippen molar-refractivity contribution >= 4 is 33.7 Å². The number of carbonyl (C=O) groups is 2. The molecule has 4 aromatic rings. The van der Waals surface area contributed by atoms with Crippen LogP contribution in [0.15, 0.2) is 60.7 Å². The summed E-state index contributed by atoms with van der Waals surface area (Å²) in [5.74, 6) is 1.13. The summed E-state index contributed by atoms with van der Waals surface area (Å²) in [6, 6.07) is 23.0. The molecule has 2 aromatic heterocycles. The molecule has 4 heterocycles. The third-order valence-electron chi connectivity index (χ3n) is 8.56. The van der Waals surface area contributed by atoms with E-state index < -0.39 is 11.2 Å². The lowest BCUT2D eigenvalue weighted by Gasteiger charge is -2.24. The second kappa shape index (κ2) is 15.3. The van der Waals surface area contributed by atoms with Crippen molar-refractivity contribution in [2.75, 3.05) is 26.2 Å². The Bertz CT molecular complexity index is 1880. The SMILES string of the molecule is C[C@@H]1CN(C(=O)OC(C)(C)C)C[C@H]1Oc1nc(C#N)cc2ccccc12.C[C@H]1CN(C(=O)OC(C)(C)C)C[C@@H]1Oc1nc(C#N)cc2ccccc12. The lowest BCUT2D eigenvalue weighted by Crippen LogP contribution is -2.36. The van der Waals surface area contributed by atoms with E-state index in [2.05, 4.69) is 22.1 Å². The number of pyridine rings is 2. The highest BCUT2D eigenvalue weighted by Crippen LogP contribution is 2.31. The first kappa shape index (κ1) is 37.6. The van der Waals surface area contributed by atoms with Gasteiger partial charge < -0.3 is 28.7 Å². The van der Waals surface area contributed by atoms with Crippen LogP contribution >= 0.6 is 0 Å². The van der Waals surface area contributed by atoms with Gasteiger partial charge >= 0.3 is 12.2 Å². The number of fused-ring (bicyclic) bond motifs is 2. The molecule has 0 saturated carbocycles. The van der Waals surface area contributed by atoms with E-state index in [9.17, 15) is 20.1 Å². The van der Waals surface area contributed by atoms with Crippen molar-refractivity contribution < 1.29 is 28.5 Å². The summed E-state index contributed by atoms with van der Waals surface area (Å²) in [5.41, 5.74) is -0.433. The van der Waals surface area contributed by atoms with Gasteiger partial charge in [0, 0.05) is 35.7 Å². The lowest BCUT2D eigenvalue weighted by molar-refractivity contribution is 0.0265. The van der Waals surface area contributed by atoms with Gasteiger partial charge in [0.05, 0.1) is 13.1 Å². The second-order valence-corrected chi connectivity index (χ2v) is 15.3. The summed E-state index contributed by atoms with van der Waals surface area (Å²) < 4.78 is 23.2. The van der Waals surface area contributed by atoms with Crippen LogP contribution in [-0.2, 0) is 9.47 Å². The third-order valence-corrected chi connectivity index (χ3v) is 8.56. The predicted octanol–water partition coefficient (Wildman–Crippen LogP) is 7.48. The lowest BCUT2D eigenvalue weighted by atomic mass is 10.1. The number of amides is 2. The van der Waals surface area contributed by atoms with Crippen LogP contribution in [0.5, 0.6) is 11.8 Å². The number of nitrogens with zero attached hydrogens (tertiary/aromatic N) is 6. The van der Waals surface area contributed by atoms with Crippen molar-refractivity contribution in [1.82, 2.24) is 19.8 Å². The van der Waals surface area contributed by atoms with Crippen molar-refractivity contribution in [2.45, 2.75) is 78.8 Å². The van der Waals surface area contributed by atoms with Gasteiger partial charge in [-0.15, -0.1) is 0 Å². The largest absolute Gasteiger partial charge is 0.472 e. The van der Waals surface area contributed by atoms with Gasteiger partial charge in [-0.05, 0) is 76.6 Å². The van der Waals surface area contributed by atoms with Gasteiger partial charge in [0.2, 0.25) is 11.8 Å². The smallest absolute Gasteiger partial charge is 0.410 e. The average Bonchev–Trinajstić information content (AvgIpc) is 3.64. The number of hydrogen-bond donors (Lipinski definition) is 0. The van der Waals surface area contributed by atoms with Crippen LogP contribution in [0.2, 0.25) is 0 Å². The minimum absolute atomic E-state index is 0.133. The van der Waals surface area contributed by atoms with E-state index >= 15 is 0 Å². The van der Waals surface area contributed by atoms with Gasteiger partial charge in [-0.25, -0.2) is 19.6 Å². The molecule has 2 aliphatic heterocycles. The molecule has 0 aliphatic carbocycles. The Morgan fingerprint density at radius 2 is 1.02 bits per heavy atom. The molecule has 52 heavy (non-hydrogen) atoms. The summed E-state index contributed by atoms with van der Waals surface area (Å²) in [6.07, 6.45) is -1.07. The molecule has 0 unspecified atom stereocenters. The normalized spacial score (nSPS) is 20.0. The third kappa shape index (κ3) is 9.38. The minimum atomic E-state index is -0.530. The van der Waals surface area contributed by atoms with E-state index in [0.29, 0.717) is 49.3 Å². The van der Waals surface area contributed by atoms with Crippen molar-refractivity contribution in [3.63, 3.8) is 0 Å². The molecule has 2 saturated heterocycles. The summed E-state index contributed by atoms with van der Waals surface area (Å²) in [7, 11) is 0. The number of likely N-dealkylation sites (tertiary alicyclic amines) is 2. The molecule has 0 bridgehead atoms. The topological polar surface area (TPSA) is 151 Å². The molecule has 0 spiro atoms. The maximum absolute atomic E-state index is 12.3. The van der Waals surface area contributed by atoms with Gasteiger partial charge in [-0.2, -0.15) is 10.5 Å².